The Hall–Kier alpha value is -3.11. The van der Waals surface area contributed by atoms with E-state index >= 15 is 0 Å². The molecule has 2 heterocycles. The Morgan fingerprint density at radius 1 is 1.15 bits per heavy atom. The number of nitrogens with one attached hydrogen (secondary N) is 1. The van der Waals surface area contributed by atoms with Crippen LogP contribution in [0.15, 0.2) is 59.1 Å². The fraction of sp³-hybridized carbons (Fsp3) is 0.622. The van der Waals surface area contributed by atoms with Gasteiger partial charge in [0.2, 0.25) is 5.72 Å². The topological polar surface area (TPSA) is 73.9 Å². The minimum absolute atomic E-state index is 0.157. The number of hydrogen-bond donors (Lipinski definition) is 1. The van der Waals surface area contributed by atoms with E-state index in [-0.39, 0.29) is 29.4 Å². The highest BCUT2D eigenvalue weighted by Crippen LogP contribution is 2.71. The van der Waals surface area contributed by atoms with Crippen molar-refractivity contribution in [3.63, 3.8) is 0 Å². The largest absolute Gasteiger partial charge is 0.496 e. The van der Waals surface area contributed by atoms with Gasteiger partial charge in [0.1, 0.15) is 11.3 Å². The maximum absolute atomic E-state index is 14.6. The number of alkyl halides is 3. The number of nitrogens with zero attached hydrogens (tertiary/aromatic N) is 1. The Kier molecular flexibility index (Phi) is 7.94. The van der Waals surface area contributed by atoms with Gasteiger partial charge in [0, 0.05) is 54.9 Å². The first-order chi connectivity index (χ1) is 22.3. The number of rotatable bonds is 9. The minimum atomic E-state index is -4.92. The molecule has 10 heteroatoms. The summed E-state index contributed by atoms with van der Waals surface area (Å²) >= 11 is 0. The van der Waals surface area contributed by atoms with Crippen molar-refractivity contribution in [1.82, 2.24) is 5.32 Å². The van der Waals surface area contributed by atoms with E-state index in [9.17, 15) is 22.8 Å². The van der Waals surface area contributed by atoms with Crippen LogP contribution in [0.1, 0.15) is 71.3 Å². The number of esters is 1. The van der Waals surface area contributed by atoms with Crippen LogP contribution in [0.2, 0.25) is 0 Å². The zero-order valence-electron chi connectivity index (χ0n) is 27.7. The lowest BCUT2D eigenvalue weighted by Gasteiger charge is -2.65. The molecule has 2 saturated heterocycles. The van der Waals surface area contributed by atoms with Gasteiger partial charge < -0.3 is 24.0 Å². The summed E-state index contributed by atoms with van der Waals surface area (Å²) in [5.74, 6) is -0.302. The molecule has 0 aromatic heterocycles. The molecule has 3 unspecified atom stereocenters. The van der Waals surface area contributed by atoms with Gasteiger partial charge in [0.15, 0.2) is 5.76 Å². The molecule has 7 rings (SSSR count). The molecule has 3 saturated carbocycles. The zero-order chi connectivity index (χ0) is 33.4. The van der Waals surface area contributed by atoms with Gasteiger partial charge in [-0.3, -0.25) is 9.59 Å². The Labute approximate surface area is 274 Å². The molecule has 2 bridgehead atoms. The van der Waals surface area contributed by atoms with Gasteiger partial charge in [-0.15, -0.1) is 0 Å². The Bertz CT molecular complexity index is 1530. The van der Waals surface area contributed by atoms with E-state index in [4.69, 9.17) is 14.2 Å². The number of ether oxygens (including phenoxy) is 3. The molecule has 1 N–H and O–H groups in total. The van der Waals surface area contributed by atoms with Crippen LogP contribution in [0.3, 0.4) is 0 Å². The Morgan fingerprint density at radius 2 is 1.89 bits per heavy atom. The molecule has 1 spiro atoms. The SMILES string of the molecule is COC1=CC(OC(C)=O)=C2C[C@@H]3[C@@H]4CCC[C@@H]5OC1(NC(=O)C(=Cc1ccccc1)C(F)(F)F)C2[C@@]54CC[N+]3(CC(C)C)CC1CC1. The second-order valence-electron chi connectivity index (χ2n) is 15.2. The third-order valence-electron chi connectivity index (χ3n) is 11.9. The van der Waals surface area contributed by atoms with Crippen molar-refractivity contribution in [2.24, 2.45) is 29.1 Å². The van der Waals surface area contributed by atoms with Gasteiger partial charge in [-0.1, -0.05) is 50.6 Å². The number of allylic oxidation sites excluding steroid dienone is 1. The molecule has 2 aliphatic heterocycles. The molecule has 1 aromatic rings. The predicted octanol–water partition coefficient (Wildman–Crippen LogP) is 6.67. The monoisotopic (exact) mass is 655 g/mol. The Balaban J connectivity index is 1.38. The standard InChI is InChI=1S/C37H45F3N2O5/c1-22(2)20-42(21-25-13-14-25)16-15-35-27-11-8-12-31(35)47-36(41-34(44)28(37(38,39)40)17-24-9-6-5-7-10-24)32(45-4)19-30(46-23(3)43)26(33(35)36)18-29(27)42/h5-7,9-10,17,19,22,25,27,29,31,33H,8,11-16,18,20-21H2,1-4H3/p+1/t27-,29+,31-,33?,35+,36?,42?/m0/s1. The van der Waals surface area contributed by atoms with Crippen LogP contribution in [-0.2, 0) is 23.8 Å². The maximum Gasteiger partial charge on any atom is 0.421 e. The average Bonchev–Trinajstić information content (AvgIpc) is 3.77. The number of hydrogen-bond acceptors (Lipinski definition) is 5. The lowest BCUT2D eigenvalue weighted by molar-refractivity contribution is -0.968. The van der Waals surface area contributed by atoms with Crippen molar-refractivity contribution in [2.45, 2.75) is 89.8 Å². The first kappa shape index (κ1) is 32.4. The fourth-order valence-electron chi connectivity index (χ4n) is 10.5. The van der Waals surface area contributed by atoms with Crippen molar-refractivity contribution in [2.75, 3.05) is 26.7 Å². The summed E-state index contributed by atoms with van der Waals surface area (Å²) in [5, 5.41) is 2.81. The lowest BCUT2D eigenvalue weighted by Crippen LogP contribution is -2.74. The summed E-state index contributed by atoms with van der Waals surface area (Å²) in [4.78, 5) is 26.5. The van der Waals surface area contributed by atoms with Gasteiger partial charge in [0.05, 0.1) is 38.9 Å². The summed E-state index contributed by atoms with van der Waals surface area (Å²) in [6, 6.07) is 8.29. The van der Waals surface area contributed by atoms with Crippen molar-refractivity contribution in [3.05, 3.63) is 64.6 Å². The summed E-state index contributed by atoms with van der Waals surface area (Å²) in [6.45, 7) is 9.06. The van der Waals surface area contributed by atoms with Crippen LogP contribution in [0.4, 0.5) is 13.2 Å². The van der Waals surface area contributed by atoms with Gasteiger partial charge >= 0.3 is 12.1 Å². The number of carbonyl (C=O) groups excluding carboxylic acids is 2. The second-order valence-corrected chi connectivity index (χ2v) is 15.2. The molecule has 6 aliphatic rings. The number of quaternary nitrogens is 1. The van der Waals surface area contributed by atoms with E-state index in [2.05, 4.69) is 19.2 Å². The highest BCUT2D eigenvalue weighted by Gasteiger charge is 2.77. The normalized spacial score (nSPS) is 36.1. The summed E-state index contributed by atoms with van der Waals surface area (Å²) in [6.07, 6.45) is 3.87. The summed E-state index contributed by atoms with van der Waals surface area (Å²) in [7, 11) is 1.42. The first-order valence-corrected chi connectivity index (χ1v) is 17.2. The van der Waals surface area contributed by atoms with Crippen molar-refractivity contribution < 1.29 is 41.5 Å². The molecule has 47 heavy (non-hydrogen) atoms. The second kappa shape index (κ2) is 11.5. The highest BCUT2D eigenvalue weighted by molar-refractivity contribution is 5.99. The fourth-order valence-corrected chi connectivity index (χ4v) is 10.5. The van der Waals surface area contributed by atoms with Crippen LogP contribution in [0.25, 0.3) is 6.08 Å². The number of benzene rings is 1. The molecule has 4 aliphatic carbocycles. The number of methoxy groups -OCH3 is 1. The van der Waals surface area contributed by atoms with Crippen LogP contribution in [-0.4, -0.2) is 67.2 Å². The number of carbonyl (C=O) groups is 2. The lowest BCUT2D eigenvalue weighted by atomic mass is 9.46. The smallest absolute Gasteiger partial charge is 0.421 e. The molecule has 7 nitrogen and oxygen atoms in total. The Morgan fingerprint density at radius 3 is 2.53 bits per heavy atom. The van der Waals surface area contributed by atoms with Crippen molar-refractivity contribution in [3.8, 4) is 0 Å². The molecule has 1 amide bonds. The average molecular weight is 656 g/mol. The molecule has 254 valence electrons. The van der Waals surface area contributed by atoms with Crippen molar-refractivity contribution >= 4 is 18.0 Å². The van der Waals surface area contributed by atoms with Crippen LogP contribution >= 0.6 is 0 Å². The van der Waals surface area contributed by atoms with Crippen LogP contribution in [0, 0.1) is 29.1 Å². The number of halogens is 3. The highest BCUT2D eigenvalue weighted by atomic mass is 19.4. The number of amides is 1. The number of likely N-dealkylation sites (tertiary alicyclic amines) is 1. The maximum atomic E-state index is 14.6. The number of piperidine rings is 1. The quantitative estimate of drug-likeness (QED) is 0.183. The van der Waals surface area contributed by atoms with E-state index in [1.807, 2.05) is 0 Å². The van der Waals surface area contributed by atoms with E-state index in [0.717, 1.165) is 61.4 Å². The van der Waals surface area contributed by atoms with Crippen molar-refractivity contribution in [1.29, 1.82) is 0 Å². The molecule has 0 radical (unpaired) electrons. The van der Waals surface area contributed by atoms with E-state index in [0.29, 0.717) is 24.0 Å². The summed E-state index contributed by atoms with van der Waals surface area (Å²) in [5.41, 5.74) is -2.32. The minimum Gasteiger partial charge on any atom is -0.496 e. The molecule has 5 fully saturated rings. The molecule has 7 atom stereocenters. The van der Waals surface area contributed by atoms with Crippen LogP contribution < -0.4 is 5.32 Å². The first-order valence-electron chi connectivity index (χ1n) is 17.2. The predicted molar refractivity (Wildman–Crippen MR) is 169 cm³/mol. The van der Waals surface area contributed by atoms with Gasteiger partial charge in [-0.2, -0.15) is 13.2 Å². The van der Waals surface area contributed by atoms with E-state index in [1.54, 1.807) is 24.3 Å². The van der Waals surface area contributed by atoms with Gasteiger partial charge in [0.25, 0.3) is 5.91 Å². The third kappa shape index (κ3) is 5.25. The summed E-state index contributed by atoms with van der Waals surface area (Å²) < 4.78 is 63.6. The van der Waals surface area contributed by atoms with Gasteiger partial charge in [-0.25, -0.2) is 0 Å². The van der Waals surface area contributed by atoms with Gasteiger partial charge in [-0.05, 0) is 42.9 Å². The van der Waals surface area contributed by atoms with Crippen LogP contribution in [0.5, 0.6) is 0 Å². The third-order valence-corrected chi connectivity index (χ3v) is 11.9. The molecule has 1 aromatic carbocycles. The zero-order valence-corrected chi connectivity index (χ0v) is 27.7. The molecular weight excluding hydrogens is 609 g/mol. The van der Waals surface area contributed by atoms with E-state index < -0.39 is 40.7 Å². The molecular formula is C37H46F3N2O5+. The van der Waals surface area contributed by atoms with E-state index in [1.165, 1.54) is 39.0 Å².